The topological polar surface area (TPSA) is 51.2 Å². The highest BCUT2D eigenvalue weighted by molar-refractivity contribution is 5.97. The molecule has 2 aromatic rings. The second-order valence-corrected chi connectivity index (χ2v) is 6.89. The van der Waals surface area contributed by atoms with Gasteiger partial charge in [0, 0.05) is 32.7 Å². The van der Waals surface area contributed by atoms with Crippen molar-refractivity contribution in [3.8, 4) is 17.2 Å². The summed E-state index contributed by atoms with van der Waals surface area (Å²) in [7, 11) is 1.62. The third-order valence-electron chi connectivity index (χ3n) is 4.94. The van der Waals surface area contributed by atoms with Crippen LogP contribution in [0.15, 0.2) is 48.5 Å². The normalized spacial score (nSPS) is 14.6. The lowest BCUT2D eigenvalue weighted by Gasteiger charge is -2.35. The summed E-state index contributed by atoms with van der Waals surface area (Å²) in [6.07, 6.45) is 0.866. The third kappa shape index (κ3) is 6.06. The van der Waals surface area contributed by atoms with Crippen molar-refractivity contribution in [1.82, 2.24) is 9.80 Å². The van der Waals surface area contributed by atoms with E-state index in [4.69, 9.17) is 9.47 Å². The SMILES string of the molecule is COc1ccc(OCCCN2CCN(C(=O)c3ccccc3OC(F)F)CC2)cc1. The van der Waals surface area contributed by atoms with Crippen molar-refractivity contribution < 1.29 is 27.8 Å². The molecule has 1 amide bonds. The summed E-state index contributed by atoms with van der Waals surface area (Å²) in [5, 5.41) is 0. The van der Waals surface area contributed by atoms with E-state index in [0.717, 1.165) is 37.6 Å². The molecule has 0 atom stereocenters. The Hall–Kier alpha value is -2.87. The lowest BCUT2D eigenvalue weighted by Crippen LogP contribution is -2.49. The minimum atomic E-state index is -2.96. The van der Waals surface area contributed by atoms with E-state index in [0.29, 0.717) is 19.7 Å². The Balaban J connectivity index is 1.41. The van der Waals surface area contributed by atoms with Crippen LogP contribution in [0.5, 0.6) is 17.2 Å². The van der Waals surface area contributed by atoms with Gasteiger partial charge in [0.1, 0.15) is 17.2 Å². The average molecular weight is 420 g/mol. The Morgan fingerprint density at radius 2 is 1.67 bits per heavy atom. The number of amides is 1. The molecule has 1 heterocycles. The number of para-hydroxylation sites is 1. The summed E-state index contributed by atoms with van der Waals surface area (Å²) in [5.74, 6) is 1.22. The predicted octanol–water partition coefficient (Wildman–Crippen LogP) is 3.52. The molecule has 0 aromatic heterocycles. The van der Waals surface area contributed by atoms with Crippen LogP contribution in [0.4, 0.5) is 8.78 Å². The zero-order valence-corrected chi connectivity index (χ0v) is 16.9. The second-order valence-electron chi connectivity index (χ2n) is 6.89. The zero-order chi connectivity index (χ0) is 21.3. The zero-order valence-electron chi connectivity index (χ0n) is 16.9. The van der Waals surface area contributed by atoms with Crippen molar-refractivity contribution in [2.75, 3.05) is 46.4 Å². The van der Waals surface area contributed by atoms with Gasteiger partial charge in [0.15, 0.2) is 0 Å². The molecule has 8 heteroatoms. The fourth-order valence-electron chi connectivity index (χ4n) is 3.34. The number of alkyl halides is 2. The maximum Gasteiger partial charge on any atom is 0.387 e. The second kappa shape index (κ2) is 10.8. The average Bonchev–Trinajstić information content (AvgIpc) is 2.77. The van der Waals surface area contributed by atoms with E-state index in [1.807, 2.05) is 24.3 Å². The highest BCUT2D eigenvalue weighted by Gasteiger charge is 2.24. The molecule has 6 nitrogen and oxygen atoms in total. The van der Waals surface area contributed by atoms with Crippen LogP contribution < -0.4 is 14.2 Å². The molecule has 0 unspecified atom stereocenters. The lowest BCUT2D eigenvalue weighted by atomic mass is 10.1. The number of halogens is 2. The fraction of sp³-hybridized carbons (Fsp3) is 0.409. The van der Waals surface area contributed by atoms with Crippen LogP contribution in [0.3, 0.4) is 0 Å². The molecule has 1 aliphatic heterocycles. The van der Waals surface area contributed by atoms with Gasteiger partial charge in [-0.3, -0.25) is 9.69 Å². The summed E-state index contributed by atoms with van der Waals surface area (Å²) >= 11 is 0. The summed E-state index contributed by atoms with van der Waals surface area (Å²) in [5.41, 5.74) is 0.166. The van der Waals surface area contributed by atoms with Crippen LogP contribution >= 0.6 is 0 Å². The molecule has 0 aliphatic carbocycles. The molecule has 2 aromatic carbocycles. The van der Waals surface area contributed by atoms with Gasteiger partial charge in [0.05, 0.1) is 19.3 Å². The first kappa shape index (κ1) is 21.8. The first-order valence-corrected chi connectivity index (χ1v) is 9.89. The van der Waals surface area contributed by atoms with Crippen molar-refractivity contribution in [3.05, 3.63) is 54.1 Å². The van der Waals surface area contributed by atoms with Crippen molar-refractivity contribution >= 4 is 5.91 Å². The van der Waals surface area contributed by atoms with Gasteiger partial charge in [-0.2, -0.15) is 8.78 Å². The van der Waals surface area contributed by atoms with E-state index < -0.39 is 6.61 Å². The minimum Gasteiger partial charge on any atom is -0.497 e. The molecule has 0 bridgehead atoms. The van der Waals surface area contributed by atoms with Gasteiger partial charge in [-0.15, -0.1) is 0 Å². The van der Waals surface area contributed by atoms with E-state index in [1.54, 1.807) is 24.1 Å². The molecule has 1 fully saturated rings. The number of methoxy groups -OCH3 is 1. The molecule has 0 N–H and O–H groups in total. The molecule has 0 saturated carbocycles. The van der Waals surface area contributed by atoms with Crippen LogP contribution in [-0.2, 0) is 0 Å². The molecule has 0 radical (unpaired) electrons. The van der Waals surface area contributed by atoms with Crippen molar-refractivity contribution in [3.63, 3.8) is 0 Å². The predicted molar refractivity (Wildman–Crippen MR) is 109 cm³/mol. The van der Waals surface area contributed by atoms with Crippen LogP contribution in [-0.4, -0.2) is 68.8 Å². The number of rotatable bonds is 9. The molecular weight excluding hydrogens is 394 g/mol. The van der Waals surface area contributed by atoms with Gasteiger partial charge < -0.3 is 19.1 Å². The van der Waals surface area contributed by atoms with E-state index in [1.165, 1.54) is 12.1 Å². The molecule has 30 heavy (non-hydrogen) atoms. The summed E-state index contributed by atoms with van der Waals surface area (Å²) in [6, 6.07) is 13.6. The van der Waals surface area contributed by atoms with Crippen LogP contribution in [0.2, 0.25) is 0 Å². The van der Waals surface area contributed by atoms with Crippen molar-refractivity contribution in [1.29, 1.82) is 0 Å². The maximum absolute atomic E-state index is 12.7. The van der Waals surface area contributed by atoms with Crippen molar-refractivity contribution in [2.45, 2.75) is 13.0 Å². The van der Waals surface area contributed by atoms with Gasteiger partial charge in [-0.05, 0) is 42.8 Å². The third-order valence-corrected chi connectivity index (χ3v) is 4.94. The Labute approximate surface area is 174 Å². The number of benzene rings is 2. The number of nitrogens with zero attached hydrogens (tertiary/aromatic N) is 2. The Morgan fingerprint density at radius 3 is 2.33 bits per heavy atom. The van der Waals surface area contributed by atoms with Gasteiger partial charge >= 0.3 is 6.61 Å². The quantitative estimate of drug-likeness (QED) is 0.581. The molecule has 162 valence electrons. The van der Waals surface area contributed by atoms with Crippen LogP contribution in [0.25, 0.3) is 0 Å². The van der Waals surface area contributed by atoms with E-state index in [-0.39, 0.29) is 17.2 Å². The highest BCUT2D eigenvalue weighted by Crippen LogP contribution is 2.22. The number of carbonyl (C=O) groups is 1. The molecule has 1 aliphatic rings. The van der Waals surface area contributed by atoms with Gasteiger partial charge in [0.2, 0.25) is 0 Å². The first-order chi connectivity index (χ1) is 14.6. The molecule has 1 saturated heterocycles. The number of hydrogen-bond donors (Lipinski definition) is 0. The van der Waals surface area contributed by atoms with E-state index in [9.17, 15) is 13.6 Å². The van der Waals surface area contributed by atoms with E-state index >= 15 is 0 Å². The summed E-state index contributed by atoms with van der Waals surface area (Å²) in [4.78, 5) is 16.7. The van der Waals surface area contributed by atoms with Crippen LogP contribution in [0, 0.1) is 0 Å². The largest absolute Gasteiger partial charge is 0.497 e. The van der Waals surface area contributed by atoms with Crippen LogP contribution in [0.1, 0.15) is 16.8 Å². The van der Waals surface area contributed by atoms with Gasteiger partial charge in [-0.25, -0.2) is 0 Å². The minimum absolute atomic E-state index is 0.0874. The number of hydrogen-bond acceptors (Lipinski definition) is 5. The molecular formula is C22H26F2N2O4. The Bertz CT molecular complexity index is 809. The smallest absolute Gasteiger partial charge is 0.387 e. The monoisotopic (exact) mass is 420 g/mol. The maximum atomic E-state index is 12.7. The van der Waals surface area contributed by atoms with E-state index in [2.05, 4.69) is 9.64 Å². The van der Waals surface area contributed by atoms with Crippen molar-refractivity contribution in [2.24, 2.45) is 0 Å². The highest BCUT2D eigenvalue weighted by atomic mass is 19.3. The Morgan fingerprint density at radius 1 is 1.00 bits per heavy atom. The fourth-order valence-corrected chi connectivity index (χ4v) is 3.34. The van der Waals surface area contributed by atoms with Gasteiger partial charge in [0.25, 0.3) is 5.91 Å². The molecule has 0 spiro atoms. The first-order valence-electron chi connectivity index (χ1n) is 9.89. The summed E-state index contributed by atoms with van der Waals surface area (Å²) in [6.45, 7) is 1.05. The van der Waals surface area contributed by atoms with Gasteiger partial charge in [-0.1, -0.05) is 12.1 Å². The molecule has 3 rings (SSSR count). The Kier molecular flexibility index (Phi) is 7.84. The standard InChI is InChI=1S/C22H26F2N2O4/c1-28-17-7-9-18(10-8-17)29-16-4-11-25-12-14-26(15-13-25)21(27)19-5-2-3-6-20(19)30-22(23)24/h2-3,5-10,22H,4,11-16H2,1H3. The number of carbonyl (C=O) groups excluding carboxylic acids is 1. The summed E-state index contributed by atoms with van der Waals surface area (Å²) < 4.78 is 40.5. The lowest BCUT2D eigenvalue weighted by molar-refractivity contribution is -0.0503. The number of piperazine rings is 1. The number of ether oxygens (including phenoxy) is 3.